The zero-order valence-corrected chi connectivity index (χ0v) is 13.7. The number of thiazole rings is 1. The monoisotopic (exact) mass is 268 g/mol. The highest BCUT2D eigenvalue weighted by molar-refractivity contribution is 7.11. The molecule has 1 aromatic heterocycles. The molecule has 0 saturated carbocycles. The van der Waals surface area contributed by atoms with E-state index in [1.807, 2.05) is 0 Å². The number of aryl methyl sites for hydroxylation is 2. The van der Waals surface area contributed by atoms with Crippen LogP contribution >= 0.6 is 11.3 Å². The summed E-state index contributed by atoms with van der Waals surface area (Å²) >= 11 is 1.79. The van der Waals surface area contributed by atoms with Crippen molar-refractivity contribution in [1.29, 1.82) is 0 Å². The van der Waals surface area contributed by atoms with Crippen LogP contribution in [0.5, 0.6) is 0 Å². The van der Waals surface area contributed by atoms with Gasteiger partial charge in [-0.3, -0.25) is 0 Å². The van der Waals surface area contributed by atoms with Crippen molar-refractivity contribution in [3.8, 4) is 0 Å². The van der Waals surface area contributed by atoms with Gasteiger partial charge in [0.05, 0.1) is 10.7 Å². The molecule has 0 fully saturated rings. The number of aromatic nitrogens is 1. The standard InChI is InChI=1S/C15H28N2S/c1-9(2)14(10(3)4)8-16-11(5)15-12(6)18-13(7)17-15/h9-11,14,16H,8H2,1-7H3. The Hall–Kier alpha value is -0.410. The third-order valence-electron chi connectivity index (χ3n) is 3.72. The van der Waals surface area contributed by atoms with E-state index in [1.54, 1.807) is 11.3 Å². The van der Waals surface area contributed by atoms with Gasteiger partial charge in [-0.05, 0) is 45.1 Å². The van der Waals surface area contributed by atoms with Crippen LogP contribution < -0.4 is 5.32 Å². The van der Waals surface area contributed by atoms with E-state index in [9.17, 15) is 0 Å². The second-order valence-electron chi connectivity index (χ2n) is 5.96. The molecule has 0 bridgehead atoms. The van der Waals surface area contributed by atoms with Gasteiger partial charge in [0.25, 0.3) is 0 Å². The minimum atomic E-state index is 0.356. The summed E-state index contributed by atoms with van der Waals surface area (Å²) in [6.45, 7) is 16.8. The van der Waals surface area contributed by atoms with Gasteiger partial charge in [-0.15, -0.1) is 11.3 Å². The Balaban J connectivity index is 2.60. The first kappa shape index (κ1) is 15.6. The lowest BCUT2D eigenvalue weighted by molar-refractivity contribution is 0.267. The van der Waals surface area contributed by atoms with Crippen molar-refractivity contribution < 1.29 is 0 Å². The normalized spacial score (nSPS) is 13.9. The third kappa shape index (κ3) is 4.06. The predicted octanol–water partition coefficient (Wildman–Crippen LogP) is 4.34. The number of hydrogen-bond acceptors (Lipinski definition) is 3. The highest BCUT2D eigenvalue weighted by atomic mass is 32.1. The van der Waals surface area contributed by atoms with E-state index < -0.39 is 0 Å². The molecule has 104 valence electrons. The zero-order valence-electron chi connectivity index (χ0n) is 12.9. The fourth-order valence-corrected chi connectivity index (χ4v) is 3.51. The fourth-order valence-electron chi connectivity index (χ4n) is 2.60. The molecule has 18 heavy (non-hydrogen) atoms. The molecule has 0 radical (unpaired) electrons. The van der Waals surface area contributed by atoms with Gasteiger partial charge in [0.1, 0.15) is 0 Å². The van der Waals surface area contributed by atoms with Gasteiger partial charge < -0.3 is 5.32 Å². The summed E-state index contributed by atoms with van der Waals surface area (Å²) in [6.07, 6.45) is 0. The molecule has 1 heterocycles. The van der Waals surface area contributed by atoms with Crippen LogP contribution in [0.1, 0.15) is 56.2 Å². The molecule has 1 unspecified atom stereocenters. The summed E-state index contributed by atoms with van der Waals surface area (Å²) in [5, 5.41) is 4.83. The number of rotatable bonds is 6. The van der Waals surface area contributed by atoms with Crippen LogP contribution in [0.2, 0.25) is 0 Å². The molecule has 2 nitrogen and oxygen atoms in total. The van der Waals surface area contributed by atoms with Gasteiger partial charge >= 0.3 is 0 Å². The van der Waals surface area contributed by atoms with Gasteiger partial charge in [0.15, 0.2) is 0 Å². The molecule has 1 N–H and O–H groups in total. The maximum Gasteiger partial charge on any atom is 0.0900 e. The van der Waals surface area contributed by atoms with E-state index in [4.69, 9.17) is 0 Å². The number of nitrogens with one attached hydrogen (secondary N) is 1. The minimum Gasteiger partial charge on any atom is -0.309 e. The summed E-state index contributed by atoms with van der Waals surface area (Å²) < 4.78 is 0. The molecule has 1 aromatic rings. The molecule has 1 rings (SSSR count). The van der Waals surface area contributed by atoms with E-state index in [2.05, 4.69) is 58.8 Å². The Morgan fingerprint density at radius 1 is 1.06 bits per heavy atom. The first-order valence-corrected chi connectivity index (χ1v) is 7.81. The molecular weight excluding hydrogens is 240 g/mol. The quantitative estimate of drug-likeness (QED) is 0.830. The topological polar surface area (TPSA) is 24.9 Å². The van der Waals surface area contributed by atoms with Crippen molar-refractivity contribution in [1.82, 2.24) is 10.3 Å². The fraction of sp³-hybridized carbons (Fsp3) is 0.800. The van der Waals surface area contributed by atoms with Crippen LogP contribution in [0.25, 0.3) is 0 Å². The van der Waals surface area contributed by atoms with E-state index in [1.165, 1.54) is 15.6 Å². The van der Waals surface area contributed by atoms with Crippen LogP contribution in [0.3, 0.4) is 0 Å². The third-order valence-corrected chi connectivity index (χ3v) is 4.62. The molecule has 0 amide bonds. The van der Waals surface area contributed by atoms with Gasteiger partial charge in [-0.1, -0.05) is 27.7 Å². The Labute approximate surface area is 116 Å². The highest BCUT2D eigenvalue weighted by Gasteiger charge is 2.19. The summed E-state index contributed by atoms with van der Waals surface area (Å²) in [4.78, 5) is 5.98. The van der Waals surface area contributed by atoms with Crippen LogP contribution in [0, 0.1) is 31.6 Å². The van der Waals surface area contributed by atoms with Gasteiger partial charge in [0, 0.05) is 10.9 Å². The van der Waals surface area contributed by atoms with E-state index in [0.717, 1.165) is 24.3 Å². The highest BCUT2D eigenvalue weighted by Crippen LogP contribution is 2.24. The Morgan fingerprint density at radius 3 is 2.00 bits per heavy atom. The molecule has 0 aliphatic rings. The van der Waals surface area contributed by atoms with Gasteiger partial charge in [-0.25, -0.2) is 4.98 Å². The summed E-state index contributed by atoms with van der Waals surface area (Å²) in [5.74, 6) is 2.18. The van der Waals surface area contributed by atoms with Crippen LogP contribution in [-0.4, -0.2) is 11.5 Å². The minimum absolute atomic E-state index is 0.356. The summed E-state index contributed by atoms with van der Waals surface area (Å²) in [7, 11) is 0. The first-order chi connectivity index (χ1) is 8.32. The van der Waals surface area contributed by atoms with Crippen molar-refractivity contribution in [3.63, 3.8) is 0 Å². The lowest BCUT2D eigenvalue weighted by Crippen LogP contribution is -2.31. The van der Waals surface area contributed by atoms with E-state index in [-0.39, 0.29) is 0 Å². The Morgan fingerprint density at radius 2 is 1.61 bits per heavy atom. The molecule has 0 aromatic carbocycles. The van der Waals surface area contributed by atoms with Gasteiger partial charge in [0.2, 0.25) is 0 Å². The van der Waals surface area contributed by atoms with Crippen LogP contribution in [0.4, 0.5) is 0 Å². The lowest BCUT2D eigenvalue weighted by Gasteiger charge is -2.26. The maximum absolute atomic E-state index is 4.63. The van der Waals surface area contributed by atoms with E-state index >= 15 is 0 Å². The second-order valence-corrected chi connectivity index (χ2v) is 7.36. The zero-order chi connectivity index (χ0) is 13.9. The molecule has 0 aliphatic heterocycles. The van der Waals surface area contributed by atoms with Crippen LogP contribution in [-0.2, 0) is 0 Å². The first-order valence-electron chi connectivity index (χ1n) is 7.00. The van der Waals surface area contributed by atoms with Crippen molar-refractivity contribution in [2.24, 2.45) is 17.8 Å². The average Bonchev–Trinajstić information content (AvgIpc) is 2.56. The average molecular weight is 268 g/mol. The maximum atomic E-state index is 4.63. The van der Waals surface area contributed by atoms with Crippen LogP contribution in [0.15, 0.2) is 0 Å². The SMILES string of the molecule is Cc1nc(C(C)NCC(C(C)C)C(C)C)c(C)s1. The molecule has 0 saturated heterocycles. The largest absolute Gasteiger partial charge is 0.309 e. The smallest absolute Gasteiger partial charge is 0.0900 e. The Bertz CT molecular complexity index is 361. The molecule has 1 atom stereocenters. The molecule has 0 aliphatic carbocycles. The number of nitrogens with zero attached hydrogens (tertiary/aromatic N) is 1. The molecule has 0 spiro atoms. The van der Waals surface area contributed by atoms with E-state index in [0.29, 0.717) is 6.04 Å². The molecule has 3 heteroatoms. The van der Waals surface area contributed by atoms with Crippen molar-refractivity contribution >= 4 is 11.3 Å². The second kappa shape index (κ2) is 6.67. The lowest BCUT2D eigenvalue weighted by atomic mass is 9.85. The molecular formula is C15H28N2S. The predicted molar refractivity (Wildman–Crippen MR) is 81.2 cm³/mol. The van der Waals surface area contributed by atoms with Crippen molar-refractivity contribution in [2.45, 2.75) is 54.5 Å². The summed E-state index contributed by atoms with van der Waals surface area (Å²) in [5.41, 5.74) is 1.23. The Kier molecular flexibility index (Phi) is 5.80. The van der Waals surface area contributed by atoms with Crippen molar-refractivity contribution in [2.75, 3.05) is 6.54 Å². The number of hydrogen-bond donors (Lipinski definition) is 1. The van der Waals surface area contributed by atoms with Gasteiger partial charge in [-0.2, -0.15) is 0 Å². The summed E-state index contributed by atoms with van der Waals surface area (Å²) in [6, 6.07) is 0.356. The van der Waals surface area contributed by atoms with Crippen molar-refractivity contribution in [3.05, 3.63) is 15.6 Å².